The van der Waals surface area contributed by atoms with Crippen molar-refractivity contribution in [3.63, 3.8) is 0 Å². The summed E-state index contributed by atoms with van der Waals surface area (Å²) in [5, 5.41) is 17.1. The van der Waals surface area contributed by atoms with Crippen LogP contribution in [0, 0.1) is 5.82 Å². The van der Waals surface area contributed by atoms with Crippen molar-refractivity contribution >= 4 is 28.4 Å². The van der Waals surface area contributed by atoms with E-state index in [-0.39, 0.29) is 25.0 Å². The zero-order chi connectivity index (χ0) is 19.7. The SMILES string of the molecule is O=C(O)c1cc2ccc(C3=CCCN(C(=O)CCn4ccnn4)C3)c(F)c2[nH]1.[HH]. The smallest absolute Gasteiger partial charge is 0.352 e. The summed E-state index contributed by atoms with van der Waals surface area (Å²) < 4.78 is 16.6. The Balaban J connectivity index is 0.00000240. The third kappa shape index (κ3) is 3.38. The van der Waals surface area contributed by atoms with Crippen LogP contribution in [0.5, 0.6) is 0 Å². The molecule has 4 rings (SSSR count). The molecule has 0 aliphatic carbocycles. The van der Waals surface area contributed by atoms with E-state index in [0.29, 0.717) is 42.6 Å². The molecule has 0 fully saturated rings. The minimum atomic E-state index is -1.14. The third-order valence-corrected chi connectivity index (χ3v) is 4.84. The van der Waals surface area contributed by atoms with E-state index in [1.54, 1.807) is 34.1 Å². The highest BCUT2D eigenvalue weighted by atomic mass is 19.1. The molecule has 3 heterocycles. The van der Waals surface area contributed by atoms with E-state index in [2.05, 4.69) is 15.3 Å². The Kier molecular flexibility index (Phi) is 4.64. The molecule has 2 aromatic heterocycles. The highest BCUT2D eigenvalue weighted by Gasteiger charge is 2.22. The van der Waals surface area contributed by atoms with Gasteiger partial charge < -0.3 is 15.0 Å². The molecule has 0 atom stereocenters. The van der Waals surface area contributed by atoms with Gasteiger partial charge in [0.2, 0.25) is 5.91 Å². The van der Waals surface area contributed by atoms with Crippen molar-refractivity contribution in [2.75, 3.05) is 13.1 Å². The van der Waals surface area contributed by atoms with Crippen LogP contribution in [0.4, 0.5) is 4.39 Å². The summed E-state index contributed by atoms with van der Waals surface area (Å²) in [5.74, 6) is -1.68. The van der Waals surface area contributed by atoms with Crippen molar-refractivity contribution in [3.05, 3.63) is 53.7 Å². The molecule has 1 aliphatic heterocycles. The van der Waals surface area contributed by atoms with E-state index in [4.69, 9.17) is 5.11 Å². The number of nitrogens with zero attached hydrogens (tertiary/aromatic N) is 4. The largest absolute Gasteiger partial charge is 0.477 e. The molecule has 3 aromatic rings. The number of halogens is 1. The predicted octanol–water partition coefficient (Wildman–Crippen LogP) is 2.55. The van der Waals surface area contributed by atoms with E-state index < -0.39 is 11.8 Å². The van der Waals surface area contributed by atoms with E-state index in [1.165, 1.54) is 6.07 Å². The first-order valence-electron chi connectivity index (χ1n) is 8.88. The summed E-state index contributed by atoms with van der Waals surface area (Å²) in [5.41, 5.74) is 1.19. The Morgan fingerprint density at radius 1 is 1.36 bits per heavy atom. The van der Waals surface area contributed by atoms with Gasteiger partial charge in [-0.2, -0.15) is 0 Å². The fraction of sp³-hybridized carbons (Fsp3) is 0.263. The number of hydrogen-bond donors (Lipinski definition) is 2. The first-order chi connectivity index (χ1) is 13.5. The first kappa shape index (κ1) is 17.9. The standard InChI is InChI=1S/C19H18FN5O3.H2/c20-17-14(4-3-12-10-15(19(27)28)22-18(12)17)13-2-1-7-24(11-13)16(26)5-8-25-9-6-21-23-25;/h2-4,6,9-10,22H,1,5,7-8,11H2,(H,27,28);1H. The lowest BCUT2D eigenvalue weighted by molar-refractivity contribution is -0.131. The molecule has 1 aliphatic rings. The molecule has 0 spiro atoms. The number of benzene rings is 1. The van der Waals surface area contributed by atoms with Crippen molar-refractivity contribution in [1.29, 1.82) is 0 Å². The average Bonchev–Trinajstić information content (AvgIpc) is 3.36. The Morgan fingerprint density at radius 2 is 2.21 bits per heavy atom. The topological polar surface area (TPSA) is 104 Å². The lowest BCUT2D eigenvalue weighted by Crippen LogP contribution is -2.36. The van der Waals surface area contributed by atoms with Crippen LogP contribution in [0.2, 0.25) is 0 Å². The third-order valence-electron chi connectivity index (χ3n) is 4.84. The highest BCUT2D eigenvalue weighted by molar-refractivity contribution is 5.95. The number of aromatic nitrogens is 4. The van der Waals surface area contributed by atoms with Gasteiger partial charge in [-0.3, -0.25) is 9.48 Å². The van der Waals surface area contributed by atoms with Crippen LogP contribution in [-0.2, 0) is 11.3 Å². The Morgan fingerprint density at radius 3 is 2.96 bits per heavy atom. The van der Waals surface area contributed by atoms with E-state index in [0.717, 1.165) is 0 Å². The summed E-state index contributed by atoms with van der Waals surface area (Å²) >= 11 is 0. The molecule has 1 amide bonds. The molecule has 1 aromatic carbocycles. The summed E-state index contributed by atoms with van der Waals surface area (Å²) in [6.45, 7) is 1.33. The second-order valence-electron chi connectivity index (χ2n) is 6.63. The van der Waals surface area contributed by atoms with Gasteiger partial charge in [0.15, 0.2) is 5.82 Å². The van der Waals surface area contributed by atoms with Crippen LogP contribution in [0.25, 0.3) is 16.5 Å². The number of hydrogen-bond acceptors (Lipinski definition) is 4. The van der Waals surface area contributed by atoms with Crippen molar-refractivity contribution in [1.82, 2.24) is 24.9 Å². The van der Waals surface area contributed by atoms with Crippen LogP contribution in [0.15, 0.2) is 36.7 Å². The fourth-order valence-corrected chi connectivity index (χ4v) is 3.40. The zero-order valence-electron chi connectivity index (χ0n) is 14.9. The zero-order valence-corrected chi connectivity index (χ0v) is 14.9. The number of carboxylic acid groups (broad SMARTS) is 1. The van der Waals surface area contributed by atoms with Crippen LogP contribution in [-0.4, -0.2) is 55.0 Å². The summed E-state index contributed by atoms with van der Waals surface area (Å²) in [7, 11) is 0. The maximum absolute atomic E-state index is 15.0. The number of rotatable bonds is 5. The van der Waals surface area contributed by atoms with E-state index >= 15 is 4.39 Å². The number of aromatic carboxylic acids is 1. The number of amides is 1. The van der Waals surface area contributed by atoms with Crippen LogP contribution in [0.1, 0.15) is 30.3 Å². The minimum absolute atomic E-state index is 0. The molecule has 2 N–H and O–H groups in total. The van der Waals surface area contributed by atoms with Gasteiger partial charge in [-0.25, -0.2) is 9.18 Å². The number of aryl methyl sites for hydroxylation is 1. The first-order valence-corrected chi connectivity index (χ1v) is 8.88. The van der Waals surface area contributed by atoms with Gasteiger partial charge in [0, 0.05) is 38.1 Å². The fourth-order valence-electron chi connectivity index (χ4n) is 3.40. The van der Waals surface area contributed by atoms with Crippen molar-refractivity contribution < 1.29 is 20.5 Å². The van der Waals surface area contributed by atoms with Gasteiger partial charge >= 0.3 is 5.97 Å². The van der Waals surface area contributed by atoms with Gasteiger partial charge in [-0.15, -0.1) is 5.10 Å². The Hall–Kier alpha value is -3.49. The van der Waals surface area contributed by atoms with Crippen molar-refractivity contribution in [2.45, 2.75) is 19.4 Å². The summed E-state index contributed by atoms with van der Waals surface area (Å²) in [6.07, 6.45) is 6.10. The van der Waals surface area contributed by atoms with Gasteiger partial charge in [-0.05, 0) is 18.1 Å². The number of carbonyl (C=O) groups excluding carboxylic acids is 1. The van der Waals surface area contributed by atoms with Crippen molar-refractivity contribution in [3.8, 4) is 0 Å². The molecule has 0 saturated carbocycles. The molecule has 9 heteroatoms. The second-order valence-corrected chi connectivity index (χ2v) is 6.63. The monoisotopic (exact) mass is 385 g/mol. The molecular weight excluding hydrogens is 365 g/mol. The van der Waals surface area contributed by atoms with Crippen LogP contribution >= 0.6 is 0 Å². The molecule has 0 bridgehead atoms. The maximum Gasteiger partial charge on any atom is 0.352 e. The van der Waals surface area contributed by atoms with Gasteiger partial charge in [0.1, 0.15) is 5.69 Å². The Bertz CT molecular complexity index is 1080. The maximum atomic E-state index is 15.0. The average molecular weight is 385 g/mol. The quantitative estimate of drug-likeness (QED) is 0.702. The lowest BCUT2D eigenvalue weighted by atomic mass is 9.99. The minimum Gasteiger partial charge on any atom is -0.477 e. The summed E-state index contributed by atoms with van der Waals surface area (Å²) in [6, 6.07) is 4.72. The Labute approximate surface area is 160 Å². The van der Waals surface area contributed by atoms with Gasteiger partial charge in [0.25, 0.3) is 0 Å². The number of nitrogens with one attached hydrogen (secondary N) is 1. The van der Waals surface area contributed by atoms with Gasteiger partial charge in [-0.1, -0.05) is 23.4 Å². The number of fused-ring (bicyclic) bond motifs is 1. The van der Waals surface area contributed by atoms with Gasteiger partial charge in [0.05, 0.1) is 18.3 Å². The molecule has 0 radical (unpaired) electrons. The van der Waals surface area contributed by atoms with Crippen LogP contribution < -0.4 is 0 Å². The van der Waals surface area contributed by atoms with Crippen LogP contribution in [0.3, 0.4) is 0 Å². The molecular formula is C19H20FN5O3. The lowest BCUT2D eigenvalue weighted by Gasteiger charge is -2.28. The molecule has 0 saturated heterocycles. The second kappa shape index (κ2) is 7.26. The van der Waals surface area contributed by atoms with E-state index in [1.807, 2.05) is 6.08 Å². The molecule has 146 valence electrons. The number of H-pyrrole nitrogens is 1. The summed E-state index contributed by atoms with van der Waals surface area (Å²) in [4.78, 5) is 27.9. The molecule has 28 heavy (non-hydrogen) atoms. The number of carbonyl (C=O) groups is 2. The molecule has 8 nitrogen and oxygen atoms in total. The van der Waals surface area contributed by atoms with Crippen molar-refractivity contribution in [2.24, 2.45) is 0 Å². The predicted molar refractivity (Wildman–Crippen MR) is 101 cm³/mol. The number of carboxylic acids is 1. The highest BCUT2D eigenvalue weighted by Crippen LogP contribution is 2.29. The normalized spacial score (nSPS) is 14.3. The number of aromatic amines is 1. The van der Waals surface area contributed by atoms with E-state index in [9.17, 15) is 9.59 Å². The molecule has 0 unspecified atom stereocenters.